The zero-order chi connectivity index (χ0) is 11.7. The van der Waals surface area contributed by atoms with Crippen LogP contribution in [0.2, 0.25) is 0 Å². The van der Waals surface area contributed by atoms with Crippen molar-refractivity contribution in [2.45, 2.75) is 6.92 Å². The molecule has 0 amide bonds. The van der Waals surface area contributed by atoms with Gasteiger partial charge in [0.05, 0.1) is 11.6 Å². The molecule has 0 saturated heterocycles. The zero-order valence-electron chi connectivity index (χ0n) is 8.90. The van der Waals surface area contributed by atoms with E-state index in [4.69, 9.17) is 5.26 Å². The van der Waals surface area contributed by atoms with Crippen LogP contribution in [-0.4, -0.2) is 14.8 Å². The quantitative estimate of drug-likeness (QED) is 0.730. The van der Waals surface area contributed by atoms with Crippen molar-refractivity contribution >= 4 is 0 Å². The summed E-state index contributed by atoms with van der Waals surface area (Å²) in [6.07, 6.45) is 0. The number of halogens is 1. The van der Waals surface area contributed by atoms with Crippen LogP contribution >= 0.6 is 0 Å². The maximum absolute atomic E-state index is 13.1. The van der Waals surface area contributed by atoms with Crippen LogP contribution in [0, 0.1) is 24.1 Å². The standard InChI is InChI=1S/C11H9FN4/c1-7-14-11(16(2)15-7)10-5-9(12)4-3-8(10)6-13/h3-5H,1-2H3. The van der Waals surface area contributed by atoms with Crippen LogP contribution in [-0.2, 0) is 7.05 Å². The molecule has 5 heteroatoms. The normalized spacial score (nSPS) is 10.1. The fourth-order valence-corrected chi connectivity index (χ4v) is 1.55. The minimum Gasteiger partial charge on any atom is -0.249 e. The Morgan fingerprint density at radius 1 is 1.44 bits per heavy atom. The van der Waals surface area contributed by atoms with Crippen molar-refractivity contribution in [1.82, 2.24) is 14.8 Å². The molecule has 2 aromatic rings. The predicted molar refractivity (Wildman–Crippen MR) is 55.8 cm³/mol. The summed E-state index contributed by atoms with van der Waals surface area (Å²) in [5.74, 6) is 0.689. The lowest BCUT2D eigenvalue weighted by atomic mass is 10.1. The molecule has 1 aromatic carbocycles. The molecular formula is C11H9FN4. The molecule has 0 fully saturated rings. The lowest BCUT2D eigenvalue weighted by Gasteiger charge is -2.02. The minimum absolute atomic E-state index is 0.386. The van der Waals surface area contributed by atoms with E-state index >= 15 is 0 Å². The third-order valence-corrected chi connectivity index (χ3v) is 2.21. The largest absolute Gasteiger partial charge is 0.249 e. The first-order valence-electron chi connectivity index (χ1n) is 4.69. The molecule has 0 unspecified atom stereocenters. The average Bonchev–Trinajstić information content (AvgIpc) is 2.57. The highest BCUT2D eigenvalue weighted by Gasteiger charge is 2.12. The van der Waals surface area contributed by atoms with Crippen molar-refractivity contribution in [3.05, 3.63) is 35.4 Å². The summed E-state index contributed by atoms with van der Waals surface area (Å²) in [6, 6.07) is 6.00. The van der Waals surface area contributed by atoms with Crippen LogP contribution in [0.1, 0.15) is 11.4 Å². The highest BCUT2D eigenvalue weighted by atomic mass is 19.1. The first-order valence-corrected chi connectivity index (χ1v) is 4.69. The summed E-state index contributed by atoms with van der Waals surface area (Å²) < 4.78 is 14.7. The molecule has 0 aliphatic heterocycles. The SMILES string of the molecule is Cc1nc(-c2cc(F)ccc2C#N)n(C)n1. The Balaban J connectivity index is 2.68. The molecule has 2 rings (SSSR count). The van der Waals surface area contributed by atoms with E-state index < -0.39 is 5.82 Å². The molecule has 0 aliphatic rings. The second-order valence-electron chi connectivity index (χ2n) is 3.41. The van der Waals surface area contributed by atoms with Gasteiger partial charge >= 0.3 is 0 Å². The van der Waals surface area contributed by atoms with Gasteiger partial charge in [-0.05, 0) is 25.1 Å². The average molecular weight is 216 g/mol. The third kappa shape index (κ3) is 1.65. The first-order chi connectivity index (χ1) is 7.61. The Morgan fingerprint density at radius 3 is 2.75 bits per heavy atom. The summed E-state index contributed by atoms with van der Waals surface area (Å²) in [5.41, 5.74) is 0.850. The van der Waals surface area contributed by atoms with Gasteiger partial charge in [-0.3, -0.25) is 0 Å². The van der Waals surface area contributed by atoms with E-state index in [1.807, 2.05) is 6.07 Å². The van der Waals surface area contributed by atoms with Crippen LogP contribution in [0.25, 0.3) is 11.4 Å². The van der Waals surface area contributed by atoms with E-state index in [9.17, 15) is 4.39 Å². The predicted octanol–water partition coefficient (Wildman–Crippen LogP) is 1.80. The van der Waals surface area contributed by atoms with Crippen molar-refractivity contribution in [2.75, 3.05) is 0 Å². The van der Waals surface area contributed by atoms with Gasteiger partial charge in [-0.1, -0.05) is 0 Å². The van der Waals surface area contributed by atoms with Crippen LogP contribution < -0.4 is 0 Å². The molecule has 0 radical (unpaired) electrons. The van der Waals surface area contributed by atoms with Crippen molar-refractivity contribution in [3.8, 4) is 17.5 Å². The van der Waals surface area contributed by atoms with E-state index in [2.05, 4.69) is 10.1 Å². The molecule has 0 saturated carbocycles. The Morgan fingerprint density at radius 2 is 2.19 bits per heavy atom. The van der Waals surface area contributed by atoms with Gasteiger partial charge in [0.25, 0.3) is 0 Å². The van der Waals surface area contributed by atoms with Crippen LogP contribution in [0.5, 0.6) is 0 Å². The lowest BCUT2D eigenvalue weighted by Crippen LogP contribution is -1.97. The lowest BCUT2D eigenvalue weighted by molar-refractivity contribution is 0.627. The maximum Gasteiger partial charge on any atom is 0.159 e. The Hall–Kier alpha value is -2.22. The number of aromatic nitrogens is 3. The molecule has 80 valence electrons. The Kier molecular flexibility index (Phi) is 2.41. The molecular weight excluding hydrogens is 207 g/mol. The van der Waals surface area contributed by atoms with Crippen molar-refractivity contribution in [2.24, 2.45) is 7.05 Å². The fraction of sp³-hybridized carbons (Fsp3) is 0.182. The van der Waals surface area contributed by atoms with Crippen molar-refractivity contribution in [1.29, 1.82) is 5.26 Å². The molecule has 0 N–H and O–H groups in total. The summed E-state index contributed by atoms with van der Waals surface area (Å²) in [5, 5.41) is 13.0. The van der Waals surface area contributed by atoms with Crippen molar-refractivity contribution in [3.63, 3.8) is 0 Å². The van der Waals surface area contributed by atoms with Gasteiger partial charge in [-0.2, -0.15) is 10.4 Å². The van der Waals surface area contributed by atoms with Gasteiger partial charge in [0, 0.05) is 12.6 Å². The van der Waals surface area contributed by atoms with Gasteiger partial charge in [-0.25, -0.2) is 14.1 Å². The maximum atomic E-state index is 13.1. The Labute approximate surface area is 92.0 Å². The van der Waals surface area contributed by atoms with Crippen LogP contribution in [0.3, 0.4) is 0 Å². The van der Waals surface area contributed by atoms with Crippen LogP contribution in [0.15, 0.2) is 18.2 Å². The van der Waals surface area contributed by atoms with Gasteiger partial charge < -0.3 is 0 Å². The molecule has 0 atom stereocenters. The topological polar surface area (TPSA) is 54.5 Å². The number of aryl methyl sites for hydroxylation is 2. The van der Waals surface area contributed by atoms with Gasteiger partial charge in [0.1, 0.15) is 11.6 Å². The first kappa shape index (κ1) is 10.3. The van der Waals surface area contributed by atoms with Gasteiger partial charge in [-0.15, -0.1) is 0 Å². The third-order valence-electron chi connectivity index (χ3n) is 2.21. The highest BCUT2D eigenvalue weighted by Crippen LogP contribution is 2.22. The van der Waals surface area contributed by atoms with Gasteiger partial charge in [0.2, 0.25) is 0 Å². The van der Waals surface area contributed by atoms with E-state index in [0.29, 0.717) is 22.8 Å². The van der Waals surface area contributed by atoms with E-state index in [1.165, 1.54) is 22.9 Å². The molecule has 1 heterocycles. The molecule has 1 aromatic heterocycles. The number of hydrogen-bond acceptors (Lipinski definition) is 3. The number of nitriles is 1. The van der Waals surface area contributed by atoms with Gasteiger partial charge in [0.15, 0.2) is 5.82 Å². The summed E-state index contributed by atoms with van der Waals surface area (Å²) in [6.45, 7) is 1.74. The fourth-order valence-electron chi connectivity index (χ4n) is 1.55. The summed E-state index contributed by atoms with van der Waals surface area (Å²) in [7, 11) is 1.71. The number of nitrogens with zero attached hydrogens (tertiary/aromatic N) is 4. The Bertz CT molecular complexity index is 580. The van der Waals surface area contributed by atoms with Crippen LogP contribution in [0.4, 0.5) is 4.39 Å². The molecule has 0 spiro atoms. The highest BCUT2D eigenvalue weighted by molar-refractivity contribution is 5.64. The number of benzene rings is 1. The molecule has 0 bridgehead atoms. The zero-order valence-corrected chi connectivity index (χ0v) is 8.90. The monoisotopic (exact) mass is 216 g/mol. The molecule has 4 nitrogen and oxygen atoms in total. The second-order valence-corrected chi connectivity index (χ2v) is 3.41. The minimum atomic E-state index is -0.394. The summed E-state index contributed by atoms with van der Waals surface area (Å²) >= 11 is 0. The number of hydrogen-bond donors (Lipinski definition) is 0. The molecule has 0 aliphatic carbocycles. The van der Waals surface area contributed by atoms with Crippen molar-refractivity contribution < 1.29 is 4.39 Å². The smallest absolute Gasteiger partial charge is 0.159 e. The number of rotatable bonds is 1. The van der Waals surface area contributed by atoms with E-state index in [-0.39, 0.29) is 0 Å². The van der Waals surface area contributed by atoms with E-state index in [0.717, 1.165) is 0 Å². The molecule has 16 heavy (non-hydrogen) atoms. The second kappa shape index (κ2) is 3.74. The van der Waals surface area contributed by atoms with E-state index in [1.54, 1.807) is 14.0 Å². The summed E-state index contributed by atoms with van der Waals surface area (Å²) in [4.78, 5) is 4.16.